The molecule has 0 aliphatic carbocycles. The second kappa shape index (κ2) is 8.42. The van der Waals surface area contributed by atoms with Crippen LogP contribution in [0, 0.1) is 0 Å². The summed E-state index contributed by atoms with van der Waals surface area (Å²) in [4.78, 5) is 10.9. The zero-order valence-corrected chi connectivity index (χ0v) is 11.1. The zero-order chi connectivity index (χ0) is 13.4. The Bertz CT molecular complexity index is 248. The summed E-state index contributed by atoms with van der Waals surface area (Å²) < 4.78 is 10.6. The van der Waals surface area contributed by atoms with E-state index >= 15 is 0 Å². The number of aliphatic hydroxyl groups is 1. The van der Waals surface area contributed by atoms with Crippen molar-refractivity contribution in [2.24, 2.45) is 0 Å². The Morgan fingerprint density at radius 3 is 2.89 bits per heavy atom. The molecule has 2 atom stereocenters. The molecular formula is C12H24N2O4. The van der Waals surface area contributed by atoms with Crippen LogP contribution in [0.5, 0.6) is 0 Å². The van der Waals surface area contributed by atoms with Crippen LogP contribution in [0.15, 0.2) is 0 Å². The molecule has 1 heterocycles. The van der Waals surface area contributed by atoms with E-state index in [-0.39, 0.29) is 24.7 Å². The Hall–Kier alpha value is -0.690. The third-order valence-corrected chi connectivity index (χ3v) is 2.61. The second-order valence-corrected chi connectivity index (χ2v) is 4.76. The molecule has 0 aromatic heterocycles. The molecule has 2 unspecified atom stereocenters. The highest BCUT2D eigenvalue weighted by molar-refractivity contribution is 5.78. The number of carbonyl (C=O) groups is 1. The first-order valence-electron chi connectivity index (χ1n) is 6.45. The predicted octanol–water partition coefficient (Wildman–Crippen LogP) is -0.733. The fraction of sp³-hybridized carbons (Fsp3) is 0.917. The van der Waals surface area contributed by atoms with Gasteiger partial charge in [0.1, 0.15) is 0 Å². The lowest BCUT2D eigenvalue weighted by Crippen LogP contribution is -2.38. The summed E-state index contributed by atoms with van der Waals surface area (Å²) >= 11 is 0. The second-order valence-electron chi connectivity index (χ2n) is 4.76. The summed E-state index contributed by atoms with van der Waals surface area (Å²) in [7, 11) is 0. The minimum Gasteiger partial charge on any atom is -0.389 e. The van der Waals surface area contributed by atoms with E-state index in [2.05, 4.69) is 10.6 Å². The summed E-state index contributed by atoms with van der Waals surface area (Å²) in [5.74, 6) is 0.0593. The van der Waals surface area contributed by atoms with E-state index in [1.165, 1.54) is 0 Å². The van der Waals surface area contributed by atoms with Gasteiger partial charge in [0.2, 0.25) is 5.91 Å². The molecule has 1 fully saturated rings. The quantitative estimate of drug-likeness (QED) is 0.476. The SMILES string of the molecule is CC(C)OCCOCC(O)CNC1CNC(=O)C1. The molecule has 18 heavy (non-hydrogen) atoms. The normalized spacial score (nSPS) is 21.3. The summed E-state index contributed by atoms with van der Waals surface area (Å²) in [6.07, 6.45) is 0.128. The fourth-order valence-electron chi connectivity index (χ4n) is 1.67. The summed E-state index contributed by atoms with van der Waals surface area (Å²) in [6.45, 7) is 6.31. The van der Waals surface area contributed by atoms with E-state index in [0.29, 0.717) is 32.7 Å². The molecule has 1 saturated heterocycles. The average molecular weight is 260 g/mol. The van der Waals surface area contributed by atoms with Crippen LogP contribution in [0.2, 0.25) is 0 Å². The molecule has 1 rings (SSSR count). The van der Waals surface area contributed by atoms with Gasteiger partial charge in [0.25, 0.3) is 0 Å². The number of hydrogen-bond donors (Lipinski definition) is 3. The van der Waals surface area contributed by atoms with Crippen molar-refractivity contribution in [1.82, 2.24) is 10.6 Å². The average Bonchev–Trinajstić information content (AvgIpc) is 2.71. The largest absolute Gasteiger partial charge is 0.389 e. The van der Waals surface area contributed by atoms with Gasteiger partial charge in [0, 0.05) is 25.6 Å². The van der Waals surface area contributed by atoms with Crippen LogP contribution < -0.4 is 10.6 Å². The molecule has 106 valence electrons. The van der Waals surface area contributed by atoms with Crippen molar-refractivity contribution in [2.45, 2.75) is 38.5 Å². The van der Waals surface area contributed by atoms with Gasteiger partial charge in [0.15, 0.2) is 0 Å². The van der Waals surface area contributed by atoms with Gasteiger partial charge in [-0.3, -0.25) is 4.79 Å². The minimum atomic E-state index is -0.556. The van der Waals surface area contributed by atoms with Gasteiger partial charge < -0.3 is 25.2 Å². The van der Waals surface area contributed by atoms with Crippen molar-refractivity contribution < 1.29 is 19.4 Å². The first-order valence-corrected chi connectivity index (χ1v) is 6.45. The number of aliphatic hydroxyl groups excluding tert-OH is 1. The Balaban J connectivity index is 1.93. The maximum Gasteiger partial charge on any atom is 0.221 e. The van der Waals surface area contributed by atoms with Gasteiger partial charge in [0.05, 0.1) is 32.0 Å². The number of ether oxygens (including phenoxy) is 2. The number of carbonyl (C=O) groups excluding carboxylic acids is 1. The molecule has 0 bridgehead atoms. The molecule has 1 aliphatic rings. The maximum atomic E-state index is 10.9. The molecule has 0 saturated carbocycles. The maximum absolute atomic E-state index is 10.9. The van der Waals surface area contributed by atoms with Gasteiger partial charge >= 0.3 is 0 Å². The molecule has 0 aromatic rings. The molecule has 1 amide bonds. The highest BCUT2D eigenvalue weighted by Crippen LogP contribution is 1.99. The Morgan fingerprint density at radius 2 is 2.28 bits per heavy atom. The van der Waals surface area contributed by atoms with E-state index in [9.17, 15) is 9.90 Å². The lowest BCUT2D eigenvalue weighted by molar-refractivity contribution is -0.119. The first-order chi connectivity index (χ1) is 8.58. The van der Waals surface area contributed by atoms with Crippen LogP contribution in [0.25, 0.3) is 0 Å². The third kappa shape index (κ3) is 6.90. The van der Waals surface area contributed by atoms with Crippen molar-refractivity contribution in [3.63, 3.8) is 0 Å². The minimum absolute atomic E-state index is 0.0593. The Labute approximate surface area is 108 Å². The molecule has 3 N–H and O–H groups in total. The fourth-order valence-corrected chi connectivity index (χ4v) is 1.67. The van der Waals surface area contributed by atoms with Crippen LogP contribution >= 0.6 is 0 Å². The van der Waals surface area contributed by atoms with Gasteiger partial charge in [-0.15, -0.1) is 0 Å². The van der Waals surface area contributed by atoms with Crippen molar-refractivity contribution in [3.05, 3.63) is 0 Å². The van der Waals surface area contributed by atoms with Crippen molar-refractivity contribution in [3.8, 4) is 0 Å². The summed E-state index contributed by atoms with van der Waals surface area (Å²) in [5, 5.41) is 15.5. The lowest BCUT2D eigenvalue weighted by atomic mass is 10.2. The lowest BCUT2D eigenvalue weighted by Gasteiger charge is -2.15. The third-order valence-electron chi connectivity index (χ3n) is 2.61. The molecule has 6 heteroatoms. The van der Waals surface area contributed by atoms with E-state index in [1.54, 1.807) is 0 Å². The highest BCUT2D eigenvalue weighted by atomic mass is 16.5. The first kappa shape index (κ1) is 15.4. The van der Waals surface area contributed by atoms with Crippen molar-refractivity contribution >= 4 is 5.91 Å². The van der Waals surface area contributed by atoms with Gasteiger partial charge in [-0.25, -0.2) is 0 Å². The molecule has 6 nitrogen and oxygen atoms in total. The Morgan fingerprint density at radius 1 is 1.50 bits per heavy atom. The monoisotopic (exact) mass is 260 g/mol. The highest BCUT2D eigenvalue weighted by Gasteiger charge is 2.21. The van der Waals surface area contributed by atoms with Crippen LogP contribution in [-0.4, -0.2) is 62.2 Å². The van der Waals surface area contributed by atoms with Gasteiger partial charge in [-0.1, -0.05) is 0 Å². The van der Waals surface area contributed by atoms with Crippen LogP contribution in [0.4, 0.5) is 0 Å². The Kier molecular flexibility index (Phi) is 7.19. The molecule has 0 spiro atoms. The standard InChI is InChI=1S/C12H24N2O4/c1-9(2)18-4-3-17-8-11(15)7-13-10-5-12(16)14-6-10/h9-11,13,15H,3-8H2,1-2H3,(H,14,16). The van der Waals surface area contributed by atoms with E-state index in [1.807, 2.05) is 13.8 Å². The predicted molar refractivity (Wildman–Crippen MR) is 67.3 cm³/mol. The van der Waals surface area contributed by atoms with Crippen LogP contribution in [-0.2, 0) is 14.3 Å². The summed E-state index contributed by atoms with van der Waals surface area (Å²) in [6, 6.07) is 0.122. The van der Waals surface area contributed by atoms with Gasteiger partial charge in [-0.05, 0) is 13.8 Å². The number of nitrogens with one attached hydrogen (secondary N) is 2. The van der Waals surface area contributed by atoms with Crippen molar-refractivity contribution in [2.75, 3.05) is 32.9 Å². The molecule has 0 radical (unpaired) electrons. The molecule has 0 aromatic carbocycles. The number of rotatable bonds is 9. The van der Waals surface area contributed by atoms with E-state index in [4.69, 9.17) is 9.47 Å². The van der Waals surface area contributed by atoms with Crippen molar-refractivity contribution in [1.29, 1.82) is 0 Å². The number of hydrogen-bond acceptors (Lipinski definition) is 5. The summed E-state index contributed by atoms with van der Waals surface area (Å²) in [5.41, 5.74) is 0. The number of amides is 1. The van der Waals surface area contributed by atoms with E-state index < -0.39 is 6.10 Å². The van der Waals surface area contributed by atoms with Gasteiger partial charge in [-0.2, -0.15) is 0 Å². The topological polar surface area (TPSA) is 79.8 Å². The van der Waals surface area contributed by atoms with Crippen LogP contribution in [0.3, 0.4) is 0 Å². The molecular weight excluding hydrogens is 236 g/mol. The van der Waals surface area contributed by atoms with E-state index in [0.717, 1.165) is 0 Å². The van der Waals surface area contributed by atoms with Crippen LogP contribution in [0.1, 0.15) is 20.3 Å². The zero-order valence-electron chi connectivity index (χ0n) is 11.1. The smallest absolute Gasteiger partial charge is 0.221 e. The molecule has 1 aliphatic heterocycles.